The Morgan fingerprint density at radius 1 is 1.41 bits per heavy atom. The summed E-state index contributed by atoms with van der Waals surface area (Å²) in [6.07, 6.45) is 3.36. The maximum absolute atomic E-state index is 11.9. The van der Waals surface area contributed by atoms with E-state index in [9.17, 15) is 9.59 Å². The predicted octanol–water partition coefficient (Wildman–Crippen LogP) is 0.744. The number of piperidine rings is 1. The third-order valence-corrected chi connectivity index (χ3v) is 2.95. The Hall–Kier alpha value is -1.10. The molecule has 1 rings (SSSR count). The quantitative estimate of drug-likeness (QED) is 0.664. The predicted molar refractivity (Wildman–Crippen MR) is 64.7 cm³/mol. The van der Waals surface area contributed by atoms with Crippen molar-refractivity contribution in [2.75, 3.05) is 6.54 Å². The molecule has 1 heterocycles. The van der Waals surface area contributed by atoms with Crippen molar-refractivity contribution in [2.24, 2.45) is 5.92 Å². The highest BCUT2D eigenvalue weighted by atomic mass is 16.4. The van der Waals surface area contributed by atoms with Gasteiger partial charge in [-0.3, -0.25) is 4.79 Å². The Kier molecular flexibility index (Phi) is 5.41. The molecule has 0 radical (unpaired) electrons. The van der Waals surface area contributed by atoms with Crippen molar-refractivity contribution in [1.29, 1.82) is 0 Å². The first kappa shape index (κ1) is 14.0. The molecule has 0 saturated carbocycles. The van der Waals surface area contributed by atoms with Gasteiger partial charge in [0.25, 0.3) is 0 Å². The molecule has 1 fully saturated rings. The maximum atomic E-state index is 11.9. The van der Waals surface area contributed by atoms with Gasteiger partial charge in [0.05, 0.1) is 6.04 Å². The minimum Gasteiger partial charge on any atom is -0.480 e. The van der Waals surface area contributed by atoms with Crippen LogP contribution in [-0.2, 0) is 9.59 Å². The Labute approximate surface area is 102 Å². The molecular weight excluding hydrogens is 220 g/mol. The van der Waals surface area contributed by atoms with Crippen molar-refractivity contribution < 1.29 is 14.7 Å². The number of aliphatic carboxylic acids is 1. The summed E-state index contributed by atoms with van der Waals surface area (Å²) in [6.45, 7) is 4.72. The number of hydrogen-bond acceptors (Lipinski definition) is 3. The second-order valence-corrected chi connectivity index (χ2v) is 5.03. The first-order valence-corrected chi connectivity index (χ1v) is 6.27. The van der Waals surface area contributed by atoms with Crippen molar-refractivity contribution in [3.05, 3.63) is 0 Å². The van der Waals surface area contributed by atoms with Crippen LogP contribution >= 0.6 is 0 Å². The fraction of sp³-hybridized carbons (Fsp3) is 0.833. The van der Waals surface area contributed by atoms with Crippen molar-refractivity contribution in [1.82, 2.24) is 10.6 Å². The summed E-state index contributed by atoms with van der Waals surface area (Å²) in [5.74, 6) is -0.892. The Morgan fingerprint density at radius 3 is 2.59 bits per heavy atom. The minimum absolute atomic E-state index is 0.183. The third-order valence-electron chi connectivity index (χ3n) is 2.95. The van der Waals surface area contributed by atoms with Gasteiger partial charge in [-0.1, -0.05) is 20.3 Å². The Bertz CT molecular complexity index is 273. The second-order valence-electron chi connectivity index (χ2n) is 5.03. The van der Waals surface area contributed by atoms with Crippen LogP contribution in [0.1, 0.15) is 39.5 Å². The topological polar surface area (TPSA) is 78.4 Å². The number of hydrogen-bond donors (Lipinski definition) is 3. The van der Waals surface area contributed by atoms with E-state index in [2.05, 4.69) is 10.6 Å². The van der Waals surface area contributed by atoms with Crippen LogP contribution < -0.4 is 10.6 Å². The number of carbonyl (C=O) groups excluding carboxylic acids is 1. The van der Waals surface area contributed by atoms with Gasteiger partial charge in [0.15, 0.2) is 0 Å². The molecule has 1 unspecified atom stereocenters. The summed E-state index contributed by atoms with van der Waals surface area (Å²) in [5.41, 5.74) is 0. The highest BCUT2D eigenvalue weighted by Gasteiger charge is 2.26. The average molecular weight is 242 g/mol. The molecule has 0 spiro atoms. The number of carboxylic acids is 1. The molecule has 0 aliphatic carbocycles. The van der Waals surface area contributed by atoms with Crippen molar-refractivity contribution >= 4 is 11.9 Å². The van der Waals surface area contributed by atoms with Gasteiger partial charge in [0.1, 0.15) is 6.04 Å². The van der Waals surface area contributed by atoms with E-state index in [1.54, 1.807) is 0 Å². The standard InChI is InChI=1S/C12H22N2O3/c1-8(2)7-10(12(16)17)14-11(15)9-5-3-4-6-13-9/h8-10,13H,3-7H2,1-2H3,(H,14,15)(H,16,17)/t9?,10-/m0/s1. The van der Waals surface area contributed by atoms with E-state index in [0.29, 0.717) is 6.42 Å². The lowest BCUT2D eigenvalue weighted by molar-refractivity contribution is -0.142. The molecule has 0 bridgehead atoms. The first-order valence-electron chi connectivity index (χ1n) is 6.27. The molecule has 0 aromatic rings. The second kappa shape index (κ2) is 6.59. The maximum Gasteiger partial charge on any atom is 0.326 e. The van der Waals surface area contributed by atoms with Crippen LogP contribution in [0, 0.1) is 5.92 Å². The molecule has 98 valence electrons. The normalized spacial score (nSPS) is 22.2. The third kappa shape index (κ3) is 4.73. The highest BCUT2D eigenvalue weighted by molar-refractivity contribution is 5.86. The highest BCUT2D eigenvalue weighted by Crippen LogP contribution is 2.09. The van der Waals surface area contributed by atoms with Gasteiger partial charge in [-0.15, -0.1) is 0 Å². The minimum atomic E-state index is -0.956. The van der Waals surface area contributed by atoms with E-state index < -0.39 is 12.0 Å². The average Bonchev–Trinajstić information content (AvgIpc) is 2.28. The smallest absolute Gasteiger partial charge is 0.326 e. The number of nitrogens with one attached hydrogen (secondary N) is 2. The van der Waals surface area contributed by atoms with Crippen LogP contribution in [0.25, 0.3) is 0 Å². The van der Waals surface area contributed by atoms with Gasteiger partial charge >= 0.3 is 5.97 Å². The number of rotatable bonds is 5. The summed E-state index contributed by atoms with van der Waals surface area (Å²) < 4.78 is 0. The van der Waals surface area contributed by atoms with Gasteiger partial charge < -0.3 is 15.7 Å². The lowest BCUT2D eigenvalue weighted by atomic mass is 10.0. The summed E-state index contributed by atoms with van der Waals surface area (Å²) in [6, 6.07) is -0.996. The van der Waals surface area contributed by atoms with Crippen molar-refractivity contribution in [2.45, 2.75) is 51.6 Å². The van der Waals surface area contributed by atoms with Gasteiger partial charge in [0.2, 0.25) is 5.91 Å². The van der Waals surface area contributed by atoms with Gasteiger partial charge in [-0.2, -0.15) is 0 Å². The van der Waals surface area contributed by atoms with E-state index >= 15 is 0 Å². The molecule has 1 saturated heterocycles. The van der Waals surface area contributed by atoms with E-state index in [0.717, 1.165) is 25.8 Å². The summed E-state index contributed by atoms with van der Waals surface area (Å²) in [5, 5.41) is 14.8. The summed E-state index contributed by atoms with van der Waals surface area (Å²) >= 11 is 0. The summed E-state index contributed by atoms with van der Waals surface area (Å²) in [4.78, 5) is 22.9. The zero-order valence-electron chi connectivity index (χ0n) is 10.5. The number of carboxylic acid groups (broad SMARTS) is 1. The van der Waals surface area contributed by atoms with Crippen LogP contribution in [0.2, 0.25) is 0 Å². The molecule has 0 aromatic heterocycles. The molecule has 1 amide bonds. The fourth-order valence-corrected chi connectivity index (χ4v) is 2.04. The zero-order chi connectivity index (χ0) is 12.8. The molecule has 1 aliphatic rings. The molecule has 17 heavy (non-hydrogen) atoms. The van der Waals surface area contributed by atoms with Gasteiger partial charge in [0, 0.05) is 0 Å². The van der Waals surface area contributed by atoms with Crippen LogP contribution in [0.5, 0.6) is 0 Å². The largest absolute Gasteiger partial charge is 0.480 e. The molecule has 5 heteroatoms. The van der Waals surface area contributed by atoms with E-state index in [-0.39, 0.29) is 17.9 Å². The number of carbonyl (C=O) groups is 2. The zero-order valence-corrected chi connectivity index (χ0v) is 10.5. The van der Waals surface area contributed by atoms with Crippen LogP contribution in [0.3, 0.4) is 0 Å². The Morgan fingerprint density at radius 2 is 2.12 bits per heavy atom. The van der Waals surface area contributed by atoms with Crippen molar-refractivity contribution in [3.63, 3.8) is 0 Å². The molecule has 2 atom stereocenters. The fourth-order valence-electron chi connectivity index (χ4n) is 2.04. The van der Waals surface area contributed by atoms with Gasteiger partial charge in [-0.25, -0.2) is 4.79 Å². The SMILES string of the molecule is CC(C)C[C@H](NC(=O)C1CCCCN1)C(=O)O. The molecule has 1 aliphatic heterocycles. The van der Waals surface area contributed by atoms with E-state index in [1.165, 1.54) is 0 Å². The molecule has 5 nitrogen and oxygen atoms in total. The van der Waals surface area contributed by atoms with Crippen LogP contribution in [0.4, 0.5) is 0 Å². The monoisotopic (exact) mass is 242 g/mol. The first-order chi connectivity index (χ1) is 8.00. The molecular formula is C12H22N2O3. The lowest BCUT2D eigenvalue weighted by Gasteiger charge is -2.25. The number of amides is 1. The Balaban J connectivity index is 2.47. The van der Waals surface area contributed by atoms with Crippen LogP contribution in [-0.4, -0.2) is 35.6 Å². The van der Waals surface area contributed by atoms with Crippen molar-refractivity contribution in [3.8, 4) is 0 Å². The van der Waals surface area contributed by atoms with E-state index in [4.69, 9.17) is 5.11 Å². The lowest BCUT2D eigenvalue weighted by Crippen LogP contribution is -2.51. The van der Waals surface area contributed by atoms with Crippen LogP contribution in [0.15, 0.2) is 0 Å². The van der Waals surface area contributed by atoms with Gasteiger partial charge in [-0.05, 0) is 31.7 Å². The van der Waals surface area contributed by atoms with E-state index in [1.807, 2.05) is 13.8 Å². The summed E-state index contributed by atoms with van der Waals surface area (Å²) in [7, 11) is 0. The molecule has 0 aromatic carbocycles. The molecule has 3 N–H and O–H groups in total.